The highest BCUT2D eigenvalue weighted by molar-refractivity contribution is 7.12. The van der Waals surface area contributed by atoms with Crippen molar-refractivity contribution in [3.8, 4) is 0 Å². The summed E-state index contributed by atoms with van der Waals surface area (Å²) in [6, 6.07) is 4.15. The van der Waals surface area contributed by atoms with Crippen LogP contribution in [0.4, 0.5) is 0 Å². The van der Waals surface area contributed by atoms with Gasteiger partial charge < -0.3 is 5.73 Å². The van der Waals surface area contributed by atoms with Gasteiger partial charge in [-0.1, -0.05) is 20.8 Å². The van der Waals surface area contributed by atoms with Crippen molar-refractivity contribution in [3.63, 3.8) is 0 Å². The van der Waals surface area contributed by atoms with Gasteiger partial charge in [-0.15, -0.1) is 11.3 Å². The van der Waals surface area contributed by atoms with Gasteiger partial charge in [-0.2, -0.15) is 0 Å². The zero-order valence-corrected chi connectivity index (χ0v) is 10.5. The van der Waals surface area contributed by atoms with Crippen LogP contribution in [0.2, 0.25) is 0 Å². The van der Waals surface area contributed by atoms with Crippen molar-refractivity contribution in [3.05, 3.63) is 21.9 Å². The molecule has 0 saturated carbocycles. The van der Waals surface area contributed by atoms with Crippen LogP contribution in [0.1, 0.15) is 30.5 Å². The molecule has 0 spiro atoms. The lowest BCUT2D eigenvalue weighted by molar-refractivity contribution is -0.125. The van der Waals surface area contributed by atoms with Gasteiger partial charge in [0.1, 0.15) is 5.78 Å². The van der Waals surface area contributed by atoms with E-state index < -0.39 is 5.41 Å². The average molecular weight is 225 g/mol. The Labute approximate surface area is 95.5 Å². The summed E-state index contributed by atoms with van der Waals surface area (Å²) in [5.41, 5.74) is 5.18. The molecule has 0 aliphatic carbocycles. The van der Waals surface area contributed by atoms with Crippen molar-refractivity contribution < 1.29 is 4.79 Å². The van der Waals surface area contributed by atoms with E-state index >= 15 is 0 Å². The standard InChI is InChI=1S/C12H19NOS/c1-4-9-5-6-10(15-9)7-11(14)12(2,3)8-13/h5-6H,4,7-8,13H2,1-3H3. The number of carbonyl (C=O) groups is 1. The fourth-order valence-corrected chi connectivity index (χ4v) is 2.18. The average Bonchev–Trinajstić information content (AvgIpc) is 2.65. The molecule has 0 amide bonds. The SMILES string of the molecule is CCc1ccc(CC(=O)C(C)(C)CN)s1. The molecule has 0 aliphatic heterocycles. The molecule has 1 rings (SSSR count). The number of thiophene rings is 1. The molecule has 15 heavy (non-hydrogen) atoms. The lowest BCUT2D eigenvalue weighted by atomic mass is 9.86. The summed E-state index contributed by atoms with van der Waals surface area (Å²) in [6.07, 6.45) is 1.56. The van der Waals surface area contributed by atoms with E-state index in [-0.39, 0.29) is 5.78 Å². The molecule has 1 aromatic rings. The first-order chi connectivity index (χ1) is 6.99. The number of rotatable bonds is 5. The van der Waals surface area contributed by atoms with E-state index in [0.717, 1.165) is 11.3 Å². The Hall–Kier alpha value is -0.670. The number of carbonyl (C=O) groups excluding carboxylic acids is 1. The van der Waals surface area contributed by atoms with Gasteiger partial charge >= 0.3 is 0 Å². The minimum absolute atomic E-state index is 0.231. The first kappa shape index (κ1) is 12.4. The van der Waals surface area contributed by atoms with Crippen molar-refractivity contribution in [2.24, 2.45) is 11.1 Å². The minimum atomic E-state index is -0.392. The Kier molecular flexibility index (Phi) is 4.05. The highest BCUT2D eigenvalue weighted by Crippen LogP contribution is 2.22. The van der Waals surface area contributed by atoms with Gasteiger partial charge in [-0.05, 0) is 18.6 Å². The lowest BCUT2D eigenvalue weighted by Crippen LogP contribution is -2.33. The van der Waals surface area contributed by atoms with Crippen molar-refractivity contribution in [1.82, 2.24) is 0 Å². The molecule has 0 atom stereocenters. The molecule has 2 nitrogen and oxygen atoms in total. The molecule has 0 aliphatic rings. The summed E-state index contributed by atoms with van der Waals surface area (Å²) < 4.78 is 0. The van der Waals surface area contributed by atoms with E-state index in [1.165, 1.54) is 4.88 Å². The molecule has 2 N–H and O–H groups in total. The Morgan fingerprint density at radius 2 is 2.00 bits per heavy atom. The molecule has 0 radical (unpaired) electrons. The summed E-state index contributed by atoms with van der Waals surface area (Å²) >= 11 is 1.73. The van der Waals surface area contributed by atoms with Crippen LogP contribution in [-0.2, 0) is 17.6 Å². The molecule has 0 bridgehead atoms. The third-order valence-electron chi connectivity index (χ3n) is 2.67. The molecule has 0 unspecified atom stereocenters. The van der Waals surface area contributed by atoms with Gasteiger partial charge in [-0.25, -0.2) is 0 Å². The number of aryl methyl sites for hydroxylation is 1. The topological polar surface area (TPSA) is 43.1 Å². The van der Waals surface area contributed by atoms with Gasteiger partial charge in [0.05, 0.1) is 0 Å². The van der Waals surface area contributed by atoms with E-state index in [1.807, 2.05) is 19.9 Å². The predicted molar refractivity (Wildman–Crippen MR) is 65.2 cm³/mol. The van der Waals surface area contributed by atoms with Crippen LogP contribution in [-0.4, -0.2) is 12.3 Å². The van der Waals surface area contributed by atoms with Crippen LogP contribution < -0.4 is 5.73 Å². The van der Waals surface area contributed by atoms with Crippen molar-refractivity contribution in [2.75, 3.05) is 6.54 Å². The van der Waals surface area contributed by atoms with Gasteiger partial charge in [0.2, 0.25) is 0 Å². The highest BCUT2D eigenvalue weighted by Gasteiger charge is 2.25. The van der Waals surface area contributed by atoms with E-state index in [0.29, 0.717) is 13.0 Å². The van der Waals surface area contributed by atoms with Gasteiger partial charge in [-0.3, -0.25) is 4.79 Å². The second-order valence-corrected chi connectivity index (χ2v) is 5.66. The predicted octanol–water partition coefficient (Wildman–Crippen LogP) is 2.41. The van der Waals surface area contributed by atoms with Gasteiger partial charge in [0.25, 0.3) is 0 Å². The van der Waals surface area contributed by atoms with E-state index in [1.54, 1.807) is 11.3 Å². The zero-order chi connectivity index (χ0) is 11.5. The van der Waals surface area contributed by atoms with Crippen molar-refractivity contribution in [1.29, 1.82) is 0 Å². The molecule has 1 aromatic heterocycles. The fraction of sp³-hybridized carbons (Fsp3) is 0.583. The summed E-state index contributed by atoms with van der Waals surface area (Å²) in [4.78, 5) is 14.4. The minimum Gasteiger partial charge on any atom is -0.329 e. The quantitative estimate of drug-likeness (QED) is 0.836. The number of hydrogen-bond donors (Lipinski definition) is 1. The molecule has 0 fully saturated rings. The molecular weight excluding hydrogens is 206 g/mol. The number of hydrogen-bond acceptors (Lipinski definition) is 3. The van der Waals surface area contributed by atoms with Crippen LogP contribution >= 0.6 is 11.3 Å². The van der Waals surface area contributed by atoms with Crippen LogP contribution in [0, 0.1) is 5.41 Å². The van der Waals surface area contributed by atoms with Gasteiger partial charge in [0.15, 0.2) is 0 Å². The summed E-state index contributed by atoms with van der Waals surface area (Å²) in [7, 11) is 0. The van der Waals surface area contributed by atoms with Gasteiger partial charge in [0, 0.05) is 28.1 Å². The maximum Gasteiger partial charge on any atom is 0.144 e. The van der Waals surface area contributed by atoms with E-state index in [9.17, 15) is 4.79 Å². The molecular formula is C12H19NOS. The fourth-order valence-electron chi connectivity index (χ4n) is 1.22. The first-order valence-electron chi connectivity index (χ1n) is 5.30. The molecule has 0 aromatic carbocycles. The summed E-state index contributed by atoms with van der Waals surface area (Å²) in [6.45, 7) is 6.35. The third-order valence-corrected chi connectivity index (χ3v) is 3.90. The summed E-state index contributed by atoms with van der Waals surface area (Å²) in [5.74, 6) is 0.231. The van der Waals surface area contributed by atoms with Crippen molar-refractivity contribution >= 4 is 17.1 Å². The maximum absolute atomic E-state index is 11.9. The Balaban J connectivity index is 2.66. The largest absolute Gasteiger partial charge is 0.329 e. The number of Topliss-reactive ketones (excluding diaryl/α,β-unsaturated/α-hetero) is 1. The molecule has 84 valence electrons. The highest BCUT2D eigenvalue weighted by atomic mass is 32.1. The molecule has 0 saturated heterocycles. The first-order valence-corrected chi connectivity index (χ1v) is 6.12. The number of nitrogens with two attached hydrogens (primary N) is 1. The summed E-state index contributed by atoms with van der Waals surface area (Å²) in [5, 5.41) is 0. The Bertz CT molecular complexity index is 341. The van der Waals surface area contributed by atoms with Crippen LogP contribution in [0.25, 0.3) is 0 Å². The van der Waals surface area contributed by atoms with Crippen LogP contribution in [0.3, 0.4) is 0 Å². The monoisotopic (exact) mass is 225 g/mol. The second kappa shape index (κ2) is 4.90. The van der Waals surface area contributed by atoms with Crippen molar-refractivity contribution in [2.45, 2.75) is 33.6 Å². The van der Waals surface area contributed by atoms with E-state index in [2.05, 4.69) is 13.0 Å². The van der Waals surface area contributed by atoms with E-state index in [4.69, 9.17) is 5.73 Å². The number of ketones is 1. The maximum atomic E-state index is 11.9. The zero-order valence-electron chi connectivity index (χ0n) is 9.67. The second-order valence-electron chi connectivity index (χ2n) is 4.41. The normalized spacial score (nSPS) is 11.7. The lowest BCUT2D eigenvalue weighted by Gasteiger charge is -2.19. The molecule has 1 heterocycles. The molecule has 3 heteroatoms. The Morgan fingerprint density at radius 3 is 2.47 bits per heavy atom. The third kappa shape index (κ3) is 3.14. The Morgan fingerprint density at radius 1 is 1.40 bits per heavy atom. The smallest absolute Gasteiger partial charge is 0.144 e. The van der Waals surface area contributed by atoms with Crippen LogP contribution in [0.5, 0.6) is 0 Å². The van der Waals surface area contributed by atoms with Crippen LogP contribution in [0.15, 0.2) is 12.1 Å².